The van der Waals surface area contributed by atoms with Crippen molar-refractivity contribution in [3.8, 4) is 5.75 Å². The van der Waals surface area contributed by atoms with Crippen molar-refractivity contribution in [3.05, 3.63) is 58.1 Å². The Hall–Kier alpha value is -3.14. The van der Waals surface area contributed by atoms with Gasteiger partial charge in [0.2, 0.25) is 0 Å². The van der Waals surface area contributed by atoms with Crippen LogP contribution in [0.25, 0.3) is 0 Å². The Morgan fingerprint density at radius 2 is 1.81 bits per heavy atom. The second-order valence-corrected chi connectivity index (χ2v) is 7.59. The second kappa shape index (κ2) is 8.04. The number of aryl methyl sites for hydroxylation is 1. The number of hydrogen-bond donors (Lipinski definition) is 1. The van der Waals surface area contributed by atoms with E-state index in [0.29, 0.717) is 11.3 Å². The van der Waals surface area contributed by atoms with Crippen LogP contribution in [0, 0.1) is 17.0 Å². The molecule has 2 rings (SSSR count). The molecule has 10 heteroatoms. The average molecular weight is 393 g/mol. The van der Waals surface area contributed by atoms with Gasteiger partial charge >= 0.3 is 0 Å². The largest absolute Gasteiger partial charge is 0.484 e. The van der Waals surface area contributed by atoms with Gasteiger partial charge in [-0.2, -0.15) is 0 Å². The third-order valence-electron chi connectivity index (χ3n) is 3.66. The summed E-state index contributed by atoms with van der Waals surface area (Å²) in [6, 6.07) is 9.66. The standard InChI is InChI=1S/C17H19N3O6S/c1-12-4-9-15(10-16(12)20(22)23)27(24,25)18-13-5-7-14(8-6-13)26-11-17(21)19(2)3/h4-10,18H,11H2,1-3H3. The highest BCUT2D eigenvalue weighted by Crippen LogP contribution is 2.24. The molecule has 9 nitrogen and oxygen atoms in total. The minimum Gasteiger partial charge on any atom is -0.484 e. The summed E-state index contributed by atoms with van der Waals surface area (Å²) in [4.78, 5) is 23.0. The molecule has 0 radical (unpaired) electrons. The van der Waals surface area contributed by atoms with Crippen molar-refractivity contribution in [1.82, 2.24) is 4.90 Å². The molecule has 144 valence electrons. The molecule has 2 aromatic rings. The molecule has 0 aliphatic heterocycles. The molecule has 1 N–H and O–H groups in total. The molecule has 0 saturated carbocycles. The molecule has 0 aliphatic rings. The lowest BCUT2D eigenvalue weighted by Gasteiger charge is -2.12. The molecule has 0 bridgehead atoms. The summed E-state index contributed by atoms with van der Waals surface area (Å²) in [5.41, 5.74) is 0.351. The third-order valence-corrected chi connectivity index (χ3v) is 5.03. The Labute approximate surface area is 156 Å². The van der Waals surface area contributed by atoms with Gasteiger partial charge in [-0.3, -0.25) is 19.6 Å². The summed E-state index contributed by atoms with van der Waals surface area (Å²) >= 11 is 0. The Bertz CT molecular complexity index is 955. The highest BCUT2D eigenvalue weighted by Gasteiger charge is 2.20. The first-order chi connectivity index (χ1) is 12.6. The number of anilines is 1. The summed E-state index contributed by atoms with van der Waals surface area (Å²) < 4.78 is 32.6. The van der Waals surface area contributed by atoms with Crippen LogP contribution in [-0.4, -0.2) is 44.9 Å². The first-order valence-electron chi connectivity index (χ1n) is 7.81. The number of carbonyl (C=O) groups is 1. The van der Waals surface area contributed by atoms with Crippen LogP contribution in [0.3, 0.4) is 0 Å². The zero-order valence-electron chi connectivity index (χ0n) is 15.0. The molecule has 0 atom stereocenters. The summed E-state index contributed by atoms with van der Waals surface area (Å²) in [7, 11) is -0.772. The molecule has 0 aliphatic carbocycles. The Morgan fingerprint density at radius 3 is 2.37 bits per heavy atom. The fourth-order valence-corrected chi connectivity index (χ4v) is 3.14. The summed E-state index contributed by atoms with van der Waals surface area (Å²) in [6.45, 7) is 1.40. The summed E-state index contributed by atoms with van der Waals surface area (Å²) in [5.74, 6) is 0.194. The highest BCUT2D eigenvalue weighted by atomic mass is 32.2. The van der Waals surface area contributed by atoms with Gasteiger partial charge in [0.15, 0.2) is 6.61 Å². The summed E-state index contributed by atoms with van der Waals surface area (Å²) in [5, 5.41) is 11.0. The van der Waals surface area contributed by atoms with Crippen LogP contribution in [0.4, 0.5) is 11.4 Å². The quantitative estimate of drug-likeness (QED) is 0.569. The van der Waals surface area contributed by atoms with Crippen LogP contribution in [0.1, 0.15) is 5.56 Å². The molecule has 0 heterocycles. The fraction of sp³-hybridized carbons (Fsp3) is 0.235. The van der Waals surface area contributed by atoms with Crippen molar-refractivity contribution in [2.75, 3.05) is 25.4 Å². The van der Waals surface area contributed by atoms with Gasteiger partial charge in [0.25, 0.3) is 21.6 Å². The molecule has 0 saturated heterocycles. The normalized spacial score (nSPS) is 10.9. The van der Waals surface area contributed by atoms with E-state index < -0.39 is 14.9 Å². The Balaban J connectivity index is 2.13. The van der Waals surface area contributed by atoms with Gasteiger partial charge in [0, 0.05) is 31.4 Å². The van der Waals surface area contributed by atoms with Gasteiger partial charge in [-0.05, 0) is 37.3 Å². The molecular formula is C17H19N3O6S. The lowest BCUT2D eigenvalue weighted by Crippen LogP contribution is -2.27. The number of nitrogens with one attached hydrogen (secondary N) is 1. The van der Waals surface area contributed by atoms with E-state index in [0.717, 1.165) is 6.07 Å². The topological polar surface area (TPSA) is 119 Å². The van der Waals surface area contributed by atoms with Crippen LogP contribution in [0.15, 0.2) is 47.4 Å². The van der Waals surface area contributed by atoms with E-state index in [9.17, 15) is 23.3 Å². The molecule has 27 heavy (non-hydrogen) atoms. The smallest absolute Gasteiger partial charge is 0.273 e. The first kappa shape index (κ1) is 20.2. The van der Waals surface area contributed by atoms with Crippen LogP contribution >= 0.6 is 0 Å². The third kappa shape index (κ3) is 5.17. The van der Waals surface area contributed by atoms with E-state index in [-0.39, 0.29) is 28.8 Å². The van der Waals surface area contributed by atoms with E-state index in [4.69, 9.17) is 4.74 Å². The van der Waals surface area contributed by atoms with Crippen molar-refractivity contribution in [1.29, 1.82) is 0 Å². The number of amides is 1. The molecular weight excluding hydrogens is 374 g/mol. The predicted molar refractivity (Wildman–Crippen MR) is 99.3 cm³/mol. The molecule has 0 unspecified atom stereocenters. The van der Waals surface area contributed by atoms with Gasteiger partial charge < -0.3 is 9.64 Å². The Morgan fingerprint density at radius 1 is 1.19 bits per heavy atom. The highest BCUT2D eigenvalue weighted by molar-refractivity contribution is 7.92. The van der Waals surface area contributed by atoms with Crippen molar-refractivity contribution in [2.45, 2.75) is 11.8 Å². The maximum absolute atomic E-state index is 12.4. The van der Waals surface area contributed by atoms with Gasteiger partial charge in [-0.25, -0.2) is 8.42 Å². The van der Waals surface area contributed by atoms with Gasteiger partial charge in [-0.15, -0.1) is 0 Å². The lowest BCUT2D eigenvalue weighted by molar-refractivity contribution is -0.385. The van der Waals surface area contributed by atoms with E-state index >= 15 is 0 Å². The lowest BCUT2D eigenvalue weighted by atomic mass is 10.2. The molecule has 0 fully saturated rings. The Kier molecular flexibility index (Phi) is 6.01. The van der Waals surface area contributed by atoms with Crippen molar-refractivity contribution >= 4 is 27.3 Å². The number of nitro benzene ring substituents is 1. The zero-order chi connectivity index (χ0) is 20.2. The number of carbonyl (C=O) groups excluding carboxylic acids is 1. The van der Waals surface area contributed by atoms with E-state index in [1.807, 2.05) is 0 Å². The SMILES string of the molecule is Cc1ccc(S(=O)(=O)Nc2ccc(OCC(=O)N(C)C)cc2)cc1[N+](=O)[O-]. The first-order valence-corrected chi connectivity index (χ1v) is 9.29. The number of hydrogen-bond acceptors (Lipinski definition) is 6. The van der Waals surface area contributed by atoms with Crippen molar-refractivity contribution in [2.24, 2.45) is 0 Å². The van der Waals surface area contributed by atoms with Gasteiger partial charge in [0.05, 0.1) is 9.82 Å². The van der Waals surface area contributed by atoms with Crippen LogP contribution in [0.5, 0.6) is 5.75 Å². The van der Waals surface area contributed by atoms with E-state index in [2.05, 4.69) is 4.72 Å². The number of nitro groups is 1. The number of likely N-dealkylation sites (N-methyl/N-ethyl adjacent to an activating group) is 1. The average Bonchev–Trinajstić information content (AvgIpc) is 2.60. The minimum absolute atomic E-state index is 0.134. The van der Waals surface area contributed by atoms with Crippen molar-refractivity contribution in [3.63, 3.8) is 0 Å². The minimum atomic E-state index is -3.99. The summed E-state index contributed by atoms with van der Waals surface area (Å²) in [6.07, 6.45) is 0. The van der Waals surface area contributed by atoms with Crippen molar-refractivity contribution < 1.29 is 22.9 Å². The maximum Gasteiger partial charge on any atom is 0.273 e. The number of rotatable bonds is 7. The zero-order valence-corrected chi connectivity index (χ0v) is 15.8. The fourth-order valence-electron chi connectivity index (χ4n) is 2.06. The van der Waals surface area contributed by atoms with Gasteiger partial charge in [0.1, 0.15) is 5.75 Å². The van der Waals surface area contributed by atoms with Crippen LogP contribution in [-0.2, 0) is 14.8 Å². The monoisotopic (exact) mass is 393 g/mol. The number of sulfonamides is 1. The molecule has 0 aromatic heterocycles. The van der Waals surface area contributed by atoms with Crippen LogP contribution < -0.4 is 9.46 Å². The number of benzene rings is 2. The van der Waals surface area contributed by atoms with Crippen LogP contribution in [0.2, 0.25) is 0 Å². The number of nitrogens with zero attached hydrogens (tertiary/aromatic N) is 2. The predicted octanol–water partition coefficient (Wildman–Crippen LogP) is 2.17. The number of ether oxygens (including phenoxy) is 1. The van der Waals surface area contributed by atoms with Gasteiger partial charge in [-0.1, -0.05) is 6.07 Å². The van der Waals surface area contributed by atoms with E-state index in [1.165, 1.54) is 48.2 Å². The van der Waals surface area contributed by atoms with E-state index in [1.54, 1.807) is 14.1 Å². The molecule has 1 amide bonds. The molecule has 2 aromatic carbocycles. The molecule has 0 spiro atoms. The second-order valence-electron chi connectivity index (χ2n) is 5.91. The maximum atomic E-state index is 12.4.